The number of hydrogen-bond donors (Lipinski definition) is 0. The second kappa shape index (κ2) is 15.9. The van der Waals surface area contributed by atoms with Crippen molar-refractivity contribution in [2.75, 3.05) is 0 Å². The number of furan rings is 1. The van der Waals surface area contributed by atoms with Crippen LogP contribution in [-0.4, -0.2) is 12.6 Å². The molecule has 0 spiro atoms. The summed E-state index contributed by atoms with van der Waals surface area (Å²) in [5.74, 6) is 1.14. The van der Waals surface area contributed by atoms with E-state index in [1.54, 1.807) is 12.1 Å². The smallest absolute Gasteiger partial charge is 0.301 e. The highest BCUT2D eigenvalue weighted by molar-refractivity contribution is 7.26. The minimum absolute atomic E-state index is 0.163. The van der Waals surface area contributed by atoms with E-state index < -0.39 is 8.07 Å². The van der Waals surface area contributed by atoms with Crippen LogP contribution in [0.3, 0.4) is 0 Å². The molecule has 0 saturated heterocycles. The van der Waals surface area contributed by atoms with Crippen molar-refractivity contribution in [3.63, 3.8) is 0 Å². The first-order valence-electron chi connectivity index (χ1n) is 24.8. The summed E-state index contributed by atoms with van der Waals surface area (Å²) >= 11 is 1.89. The van der Waals surface area contributed by atoms with Crippen LogP contribution in [0.4, 0.5) is 4.39 Å². The Hall–Kier alpha value is -7.71. The van der Waals surface area contributed by atoms with Gasteiger partial charge in [-0.05, 0) is 101 Å². The van der Waals surface area contributed by atoms with Gasteiger partial charge < -0.3 is 4.42 Å². The summed E-state index contributed by atoms with van der Waals surface area (Å²) in [7, 11) is -1.66. The molecule has 6 heterocycles. The second-order valence-corrected chi connectivity index (χ2v) is 26.8. The molecule has 4 nitrogen and oxygen atoms in total. The number of aryl methyl sites for hydroxylation is 1. The number of allylic oxidation sites excluding steroid dienone is 1. The molecule has 2 unspecified atom stereocenters. The van der Waals surface area contributed by atoms with Crippen LogP contribution in [0.1, 0.15) is 35.9 Å². The molecule has 0 fully saturated rings. The van der Waals surface area contributed by atoms with Crippen molar-refractivity contribution in [2.24, 2.45) is 0 Å². The van der Waals surface area contributed by atoms with Crippen molar-refractivity contribution >= 4 is 83.4 Å². The molecular weight excluding hydrogens is 906 g/mol. The molecule has 0 bridgehead atoms. The largest absolute Gasteiger partial charge is 0.456 e. The summed E-state index contributed by atoms with van der Waals surface area (Å²) < 4.78 is 30.8. The number of imidazole rings is 1. The molecule has 0 amide bonds. The predicted molar refractivity (Wildman–Crippen MR) is 295 cm³/mol. The number of nitrogens with zero attached hydrogens (tertiary/aromatic N) is 3. The van der Waals surface area contributed by atoms with E-state index in [-0.39, 0.29) is 17.8 Å². The van der Waals surface area contributed by atoms with E-state index in [1.165, 1.54) is 70.5 Å². The first-order chi connectivity index (χ1) is 34.7. The summed E-state index contributed by atoms with van der Waals surface area (Å²) in [5.41, 5.74) is 17.1. The molecule has 8 aromatic carbocycles. The van der Waals surface area contributed by atoms with Gasteiger partial charge in [-0.3, -0.25) is 0 Å². The van der Waals surface area contributed by atoms with Gasteiger partial charge in [-0.25, -0.2) is 4.39 Å². The third kappa shape index (κ3) is 6.59. The maximum atomic E-state index is 14.3. The average molecular weight is 956 g/mol. The van der Waals surface area contributed by atoms with Gasteiger partial charge in [-0.15, -0.1) is 11.3 Å². The lowest BCUT2D eigenvalue weighted by Gasteiger charge is -2.32. The quantitative estimate of drug-likeness (QED) is 0.127. The van der Waals surface area contributed by atoms with Gasteiger partial charge in [0, 0.05) is 54.5 Å². The number of fused-ring (bicyclic) bond motifs is 18. The van der Waals surface area contributed by atoms with Crippen molar-refractivity contribution in [1.82, 2.24) is 4.57 Å². The SMILES string of the molecule is C=C1CC2C(CCc3ccc4c(sc5cc(-c6ccc7c(c6)oc6ccc(F)cc67)ccc54)c3-c3n(-c4ccccc4-c4ccccc4)c4ccccc4[n+]31)c1ccccc1-c1ccc([Si](C)(C)C)c[n+]12. The molecule has 4 aromatic heterocycles. The zero-order valence-electron chi connectivity index (χ0n) is 39.9. The van der Waals surface area contributed by atoms with E-state index in [1.807, 2.05) is 11.3 Å². The number of aromatic nitrogens is 3. The van der Waals surface area contributed by atoms with Crippen LogP contribution in [0.2, 0.25) is 19.6 Å². The van der Waals surface area contributed by atoms with Gasteiger partial charge >= 0.3 is 5.82 Å². The Morgan fingerprint density at radius 1 is 0.662 bits per heavy atom. The number of thiophene rings is 1. The lowest BCUT2D eigenvalue weighted by molar-refractivity contribution is -0.719. The third-order valence-electron chi connectivity index (χ3n) is 15.5. The Morgan fingerprint density at radius 2 is 1.41 bits per heavy atom. The molecule has 342 valence electrons. The lowest BCUT2D eigenvalue weighted by atomic mass is 9.77. The molecule has 14 rings (SSSR count). The van der Waals surface area contributed by atoms with Crippen molar-refractivity contribution in [2.45, 2.75) is 50.9 Å². The monoisotopic (exact) mass is 955 g/mol. The fourth-order valence-corrected chi connectivity index (χ4v) is 14.5. The number of pyridine rings is 1. The first-order valence-corrected chi connectivity index (χ1v) is 29.1. The highest BCUT2D eigenvalue weighted by Crippen LogP contribution is 2.49. The van der Waals surface area contributed by atoms with Crippen molar-refractivity contribution in [3.05, 3.63) is 212 Å². The first kappa shape index (κ1) is 42.2. The van der Waals surface area contributed by atoms with Gasteiger partial charge in [0.2, 0.25) is 5.69 Å². The van der Waals surface area contributed by atoms with Gasteiger partial charge in [-0.1, -0.05) is 141 Å². The fraction of sp³-hybridized carbons (Fsp3) is 0.125. The van der Waals surface area contributed by atoms with Crippen molar-refractivity contribution in [3.8, 4) is 50.6 Å². The third-order valence-corrected chi connectivity index (χ3v) is 18.7. The summed E-state index contributed by atoms with van der Waals surface area (Å²) in [4.78, 5) is 0. The van der Waals surface area contributed by atoms with Gasteiger partial charge in [-0.2, -0.15) is 13.7 Å². The standard InChI is InChI=1S/C64H50FN3OSSi/c1-39-34-58-49(47-17-8-9-18-48(47)54-32-27-45(38-66(54)58)71(2,3)4)28-22-41-23-31-52-51-30-25-43(42-24-29-50-53-37-44(65)26-33-59(53)69-60(50)35-42)36-61(51)70-63(52)62(41)64-67(39)56-20-12-13-21-57(56)68(64)55-19-11-10-16-46(55)40-14-6-5-7-15-40/h5-21,23-27,29-33,35-38,49,58H,1,22,28,34H2,2-4H3/q+2. The predicted octanol–water partition coefficient (Wildman–Crippen LogP) is 16.0. The zero-order chi connectivity index (χ0) is 47.7. The molecule has 2 atom stereocenters. The Bertz CT molecular complexity index is 4190. The summed E-state index contributed by atoms with van der Waals surface area (Å²) in [5, 5.41) is 5.66. The maximum Gasteiger partial charge on any atom is 0.301 e. The molecule has 0 saturated carbocycles. The van der Waals surface area contributed by atoms with Gasteiger partial charge in [0.25, 0.3) is 0 Å². The van der Waals surface area contributed by atoms with Crippen LogP contribution in [0.5, 0.6) is 0 Å². The van der Waals surface area contributed by atoms with E-state index >= 15 is 0 Å². The lowest BCUT2D eigenvalue weighted by Crippen LogP contribution is -2.53. The number of benzene rings is 8. The Morgan fingerprint density at radius 3 is 2.27 bits per heavy atom. The number of rotatable bonds is 4. The second-order valence-electron chi connectivity index (χ2n) is 20.6. The minimum atomic E-state index is -1.66. The molecule has 2 aliphatic heterocycles. The fourth-order valence-electron chi connectivity index (χ4n) is 12.1. The van der Waals surface area contributed by atoms with Crippen LogP contribution in [0.25, 0.3) is 109 Å². The Balaban J connectivity index is 1.03. The van der Waals surface area contributed by atoms with E-state index in [0.717, 1.165) is 75.0 Å². The highest BCUT2D eigenvalue weighted by Gasteiger charge is 2.44. The summed E-state index contributed by atoms with van der Waals surface area (Å²) in [6.45, 7) is 12.5. The van der Waals surface area contributed by atoms with Crippen LogP contribution in [0, 0.1) is 5.82 Å². The molecule has 0 aliphatic carbocycles. The van der Waals surface area contributed by atoms with Crippen LogP contribution < -0.4 is 14.3 Å². The Kier molecular flexibility index (Phi) is 9.45. The number of para-hydroxylation sites is 3. The average Bonchev–Trinajstić information content (AvgIpc) is 4.07. The van der Waals surface area contributed by atoms with E-state index in [0.29, 0.717) is 5.58 Å². The normalized spacial score (nSPS) is 15.7. The number of halogens is 1. The highest BCUT2D eigenvalue weighted by atomic mass is 32.1. The molecule has 2 aliphatic rings. The molecule has 0 radical (unpaired) electrons. The molecule has 12 aromatic rings. The van der Waals surface area contributed by atoms with Gasteiger partial charge in [0.1, 0.15) is 28.4 Å². The molecule has 7 heteroatoms. The molecule has 0 N–H and O–H groups in total. The van der Waals surface area contributed by atoms with E-state index in [9.17, 15) is 4.39 Å². The van der Waals surface area contributed by atoms with Gasteiger partial charge in [0.15, 0.2) is 23.3 Å². The van der Waals surface area contributed by atoms with Crippen LogP contribution >= 0.6 is 11.3 Å². The minimum Gasteiger partial charge on any atom is -0.456 e. The molecule has 71 heavy (non-hydrogen) atoms. The van der Waals surface area contributed by atoms with E-state index in [2.05, 4.69) is 203 Å². The zero-order valence-corrected chi connectivity index (χ0v) is 41.7. The van der Waals surface area contributed by atoms with Crippen molar-refractivity contribution < 1.29 is 17.9 Å². The molecular formula is C64H50FN3OSSi+2. The summed E-state index contributed by atoms with van der Waals surface area (Å²) in [6, 6.07) is 65.5. The maximum absolute atomic E-state index is 14.3. The Labute approximate surface area is 416 Å². The van der Waals surface area contributed by atoms with E-state index in [4.69, 9.17) is 11.0 Å². The van der Waals surface area contributed by atoms with Gasteiger partial charge in [0.05, 0.1) is 24.8 Å². The topological polar surface area (TPSA) is 25.8 Å². The van der Waals surface area contributed by atoms with Crippen LogP contribution in [-0.2, 0) is 6.42 Å². The van der Waals surface area contributed by atoms with Crippen LogP contribution in [0.15, 0.2) is 199 Å². The van der Waals surface area contributed by atoms with Crippen molar-refractivity contribution in [1.29, 1.82) is 0 Å². The number of hydrogen-bond acceptors (Lipinski definition) is 2. The summed E-state index contributed by atoms with van der Waals surface area (Å²) in [6.07, 6.45) is 5.19.